The number of aryl methyl sites for hydroxylation is 1. The van der Waals surface area contributed by atoms with E-state index in [0.717, 1.165) is 29.2 Å². The Kier molecular flexibility index (Phi) is 3.37. The Hall–Kier alpha value is -0.730. The van der Waals surface area contributed by atoms with E-state index in [1.54, 1.807) is 7.11 Å². The Bertz CT molecular complexity index is 433. The van der Waals surface area contributed by atoms with Crippen LogP contribution in [0.25, 0.3) is 0 Å². The normalized spacial score (nSPS) is 17.7. The summed E-state index contributed by atoms with van der Waals surface area (Å²) in [5.74, 6) is 0.931. The van der Waals surface area contributed by atoms with Crippen molar-refractivity contribution in [2.24, 2.45) is 5.73 Å². The van der Waals surface area contributed by atoms with E-state index in [1.807, 2.05) is 13.0 Å². The van der Waals surface area contributed by atoms with Crippen LogP contribution in [0.1, 0.15) is 36.0 Å². The van der Waals surface area contributed by atoms with Gasteiger partial charge in [-0.25, -0.2) is 0 Å². The Labute approximate surface area is 108 Å². The predicted molar refractivity (Wildman–Crippen MR) is 72.1 cm³/mol. The maximum absolute atomic E-state index is 6.21. The number of rotatable bonds is 3. The Morgan fingerprint density at radius 3 is 2.47 bits per heavy atom. The van der Waals surface area contributed by atoms with Crippen molar-refractivity contribution < 1.29 is 4.74 Å². The molecule has 0 aliphatic heterocycles. The van der Waals surface area contributed by atoms with Gasteiger partial charge in [-0.1, -0.05) is 18.0 Å². The molecule has 1 aliphatic carbocycles. The van der Waals surface area contributed by atoms with Crippen LogP contribution in [-0.4, -0.2) is 13.7 Å². The number of hydrogen-bond acceptors (Lipinski definition) is 2. The maximum Gasteiger partial charge on any atom is 0.127 e. The van der Waals surface area contributed by atoms with Crippen molar-refractivity contribution in [3.8, 4) is 5.75 Å². The van der Waals surface area contributed by atoms with Crippen LogP contribution in [0.4, 0.5) is 0 Å². The van der Waals surface area contributed by atoms with Gasteiger partial charge in [-0.15, -0.1) is 0 Å². The highest BCUT2D eigenvalue weighted by Crippen LogP contribution is 2.49. The molecule has 0 heterocycles. The number of halogens is 1. The Morgan fingerprint density at radius 1 is 1.41 bits per heavy atom. The molecule has 0 atom stereocenters. The summed E-state index contributed by atoms with van der Waals surface area (Å²) in [6.45, 7) is 4.79. The molecule has 2 N–H and O–H groups in total. The van der Waals surface area contributed by atoms with E-state index in [9.17, 15) is 0 Å². The van der Waals surface area contributed by atoms with Gasteiger partial charge < -0.3 is 10.5 Å². The van der Waals surface area contributed by atoms with Crippen LogP contribution < -0.4 is 10.5 Å². The van der Waals surface area contributed by atoms with Crippen molar-refractivity contribution in [3.05, 3.63) is 27.8 Å². The largest absolute Gasteiger partial charge is 0.496 e. The smallest absolute Gasteiger partial charge is 0.127 e. The summed E-state index contributed by atoms with van der Waals surface area (Å²) in [5, 5.41) is 0.773. The van der Waals surface area contributed by atoms with E-state index in [1.165, 1.54) is 17.5 Å². The molecule has 1 fully saturated rings. The Morgan fingerprint density at radius 2 is 2.06 bits per heavy atom. The first-order valence-electron chi connectivity index (χ1n) is 6.10. The molecule has 2 nitrogen and oxygen atoms in total. The lowest BCUT2D eigenvalue weighted by atomic mass is 9.63. The summed E-state index contributed by atoms with van der Waals surface area (Å²) in [6, 6.07) is 2.03. The van der Waals surface area contributed by atoms with Crippen LogP contribution in [0, 0.1) is 13.8 Å². The first-order chi connectivity index (χ1) is 8.05. The quantitative estimate of drug-likeness (QED) is 0.897. The zero-order valence-electron chi connectivity index (χ0n) is 10.8. The predicted octanol–water partition coefficient (Wildman–Crippen LogP) is 3.35. The summed E-state index contributed by atoms with van der Waals surface area (Å²) >= 11 is 6.21. The molecule has 0 radical (unpaired) electrons. The van der Waals surface area contributed by atoms with E-state index in [2.05, 4.69) is 6.92 Å². The lowest BCUT2D eigenvalue weighted by Crippen LogP contribution is -2.42. The van der Waals surface area contributed by atoms with Crippen LogP contribution in [0.5, 0.6) is 5.75 Å². The second-order valence-electron chi connectivity index (χ2n) is 5.05. The van der Waals surface area contributed by atoms with E-state index < -0.39 is 0 Å². The van der Waals surface area contributed by atoms with Crippen molar-refractivity contribution in [2.75, 3.05) is 13.7 Å². The van der Waals surface area contributed by atoms with Gasteiger partial charge in [0.2, 0.25) is 0 Å². The van der Waals surface area contributed by atoms with E-state index in [0.29, 0.717) is 6.54 Å². The highest BCUT2D eigenvalue weighted by atomic mass is 35.5. The van der Waals surface area contributed by atoms with Gasteiger partial charge >= 0.3 is 0 Å². The van der Waals surface area contributed by atoms with Crippen molar-refractivity contribution in [2.45, 2.75) is 38.5 Å². The molecule has 0 spiro atoms. The van der Waals surface area contributed by atoms with Gasteiger partial charge in [-0.05, 0) is 38.3 Å². The van der Waals surface area contributed by atoms with Crippen molar-refractivity contribution in [3.63, 3.8) is 0 Å². The summed E-state index contributed by atoms with van der Waals surface area (Å²) in [5.41, 5.74) is 9.60. The van der Waals surface area contributed by atoms with Crippen molar-refractivity contribution >= 4 is 11.6 Å². The Balaban J connectivity index is 2.63. The highest BCUT2D eigenvalue weighted by Gasteiger charge is 2.41. The fraction of sp³-hybridized carbons (Fsp3) is 0.571. The third kappa shape index (κ3) is 1.84. The number of hydrogen-bond donors (Lipinski definition) is 1. The fourth-order valence-electron chi connectivity index (χ4n) is 2.92. The molecule has 17 heavy (non-hydrogen) atoms. The molecule has 1 saturated carbocycles. The van der Waals surface area contributed by atoms with Crippen molar-refractivity contribution in [1.29, 1.82) is 0 Å². The highest BCUT2D eigenvalue weighted by molar-refractivity contribution is 6.31. The molecule has 0 saturated heterocycles. The summed E-state index contributed by atoms with van der Waals surface area (Å²) < 4.78 is 5.58. The molecule has 1 aromatic rings. The minimum Gasteiger partial charge on any atom is -0.496 e. The van der Waals surface area contributed by atoms with Crippen LogP contribution in [0.3, 0.4) is 0 Å². The van der Waals surface area contributed by atoms with Gasteiger partial charge in [0.1, 0.15) is 5.75 Å². The average Bonchev–Trinajstić information content (AvgIpc) is 2.24. The number of methoxy groups -OCH3 is 1. The van der Waals surface area contributed by atoms with E-state index in [-0.39, 0.29) is 5.41 Å². The molecule has 94 valence electrons. The topological polar surface area (TPSA) is 35.2 Å². The summed E-state index contributed by atoms with van der Waals surface area (Å²) in [4.78, 5) is 0. The maximum atomic E-state index is 6.21. The lowest BCUT2D eigenvalue weighted by Gasteiger charge is -2.43. The minimum absolute atomic E-state index is 0.116. The fourth-order valence-corrected chi connectivity index (χ4v) is 3.17. The zero-order chi connectivity index (χ0) is 12.6. The molecule has 0 unspecified atom stereocenters. The lowest BCUT2D eigenvalue weighted by molar-refractivity contribution is 0.242. The summed E-state index contributed by atoms with van der Waals surface area (Å²) in [7, 11) is 1.71. The first kappa shape index (κ1) is 12.7. The minimum atomic E-state index is 0.116. The average molecular weight is 254 g/mol. The first-order valence-corrected chi connectivity index (χ1v) is 6.48. The van der Waals surface area contributed by atoms with Crippen LogP contribution in [-0.2, 0) is 5.41 Å². The molecule has 0 bridgehead atoms. The molecule has 0 amide bonds. The standard InChI is InChI=1S/C14H20ClNO/c1-9-7-11(15)10(2)13(17-3)12(9)14(8-16)5-4-6-14/h7H,4-6,8,16H2,1-3H3. The van der Waals surface area contributed by atoms with Gasteiger partial charge in [0, 0.05) is 28.1 Å². The molecule has 3 heteroatoms. The third-order valence-electron chi connectivity index (χ3n) is 4.10. The number of ether oxygens (including phenoxy) is 1. The molecular weight excluding hydrogens is 234 g/mol. The molecule has 1 aromatic carbocycles. The van der Waals surface area contributed by atoms with Crippen LogP contribution >= 0.6 is 11.6 Å². The molecule has 2 rings (SSSR count). The van der Waals surface area contributed by atoms with Gasteiger partial charge in [0.05, 0.1) is 7.11 Å². The van der Waals surface area contributed by atoms with Crippen LogP contribution in [0.2, 0.25) is 5.02 Å². The number of benzene rings is 1. The van der Waals surface area contributed by atoms with E-state index >= 15 is 0 Å². The van der Waals surface area contributed by atoms with Crippen molar-refractivity contribution in [1.82, 2.24) is 0 Å². The second-order valence-corrected chi connectivity index (χ2v) is 5.45. The van der Waals surface area contributed by atoms with E-state index in [4.69, 9.17) is 22.1 Å². The number of nitrogens with two attached hydrogens (primary N) is 1. The van der Waals surface area contributed by atoms with Gasteiger partial charge in [-0.3, -0.25) is 0 Å². The molecule has 0 aromatic heterocycles. The van der Waals surface area contributed by atoms with Gasteiger partial charge in [0.25, 0.3) is 0 Å². The molecule has 1 aliphatic rings. The third-order valence-corrected chi connectivity index (χ3v) is 4.49. The second kappa shape index (κ2) is 4.51. The molecular formula is C14H20ClNO. The summed E-state index contributed by atoms with van der Waals surface area (Å²) in [6.07, 6.45) is 3.56. The van der Waals surface area contributed by atoms with Gasteiger partial charge in [-0.2, -0.15) is 0 Å². The monoisotopic (exact) mass is 253 g/mol. The SMILES string of the molecule is COc1c(C)c(Cl)cc(C)c1C1(CN)CCC1. The zero-order valence-corrected chi connectivity index (χ0v) is 11.5. The van der Waals surface area contributed by atoms with Gasteiger partial charge in [0.15, 0.2) is 0 Å². The van der Waals surface area contributed by atoms with Crippen LogP contribution in [0.15, 0.2) is 6.07 Å².